The van der Waals surface area contributed by atoms with Crippen LogP contribution in [0.15, 0.2) is 6.07 Å². The summed E-state index contributed by atoms with van der Waals surface area (Å²) in [5.74, 6) is 0. The summed E-state index contributed by atoms with van der Waals surface area (Å²) in [5, 5.41) is 0. The Labute approximate surface area is 76.6 Å². The van der Waals surface area contributed by atoms with E-state index in [1.807, 2.05) is 11.3 Å². The lowest BCUT2D eigenvalue weighted by molar-refractivity contribution is 0.563. The molecule has 0 saturated heterocycles. The number of rotatable bonds is 0. The van der Waals surface area contributed by atoms with Gasteiger partial charge in [-0.15, -0.1) is 11.3 Å². The van der Waals surface area contributed by atoms with Crippen LogP contribution < -0.4 is 5.73 Å². The summed E-state index contributed by atoms with van der Waals surface area (Å²) >= 11 is 1.94. The van der Waals surface area contributed by atoms with Crippen molar-refractivity contribution < 1.29 is 0 Å². The third-order valence-electron chi connectivity index (χ3n) is 3.37. The van der Waals surface area contributed by atoms with Crippen molar-refractivity contribution in [2.45, 2.75) is 37.6 Å². The Morgan fingerprint density at radius 2 is 2.33 bits per heavy atom. The molecular weight excluding hydrogens is 166 g/mol. The minimum atomic E-state index is 0.430. The van der Waals surface area contributed by atoms with Gasteiger partial charge in [0.2, 0.25) is 0 Å². The van der Waals surface area contributed by atoms with Crippen LogP contribution in [-0.4, -0.2) is 6.04 Å². The van der Waals surface area contributed by atoms with Crippen LogP contribution in [0.2, 0.25) is 0 Å². The maximum atomic E-state index is 6.13. The molecule has 1 spiro atoms. The molecule has 12 heavy (non-hydrogen) atoms. The number of fused-ring (bicyclic) bond motifs is 2. The van der Waals surface area contributed by atoms with E-state index >= 15 is 0 Å². The van der Waals surface area contributed by atoms with E-state index in [0.717, 1.165) is 6.42 Å². The fraction of sp³-hybridized carbons (Fsp3) is 0.600. The van der Waals surface area contributed by atoms with E-state index < -0.39 is 0 Å². The standard InChI is InChI=1S/C10H13NS/c1-6-4-7-8(12-6)5-9(11)10(7)2-3-10/h4,9H,2-3,5,11H2,1H3. The van der Waals surface area contributed by atoms with Gasteiger partial charge in [0, 0.05) is 21.2 Å². The molecule has 1 heterocycles. The normalized spacial score (nSPS) is 29.3. The first kappa shape index (κ1) is 7.10. The first-order chi connectivity index (χ1) is 5.72. The Bertz CT molecular complexity index is 336. The number of nitrogens with two attached hydrogens (primary N) is 1. The molecule has 2 heteroatoms. The predicted molar refractivity (Wildman–Crippen MR) is 51.6 cm³/mol. The molecule has 0 amide bonds. The van der Waals surface area contributed by atoms with Crippen molar-refractivity contribution in [2.24, 2.45) is 5.73 Å². The zero-order valence-corrected chi connectivity index (χ0v) is 8.08. The van der Waals surface area contributed by atoms with E-state index in [4.69, 9.17) is 5.73 Å². The summed E-state index contributed by atoms with van der Waals surface area (Å²) in [4.78, 5) is 3.02. The van der Waals surface area contributed by atoms with Crippen molar-refractivity contribution in [2.75, 3.05) is 0 Å². The van der Waals surface area contributed by atoms with Crippen LogP contribution in [0.25, 0.3) is 0 Å². The Morgan fingerprint density at radius 3 is 3.00 bits per heavy atom. The van der Waals surface area contributed by atoms with Gasteiger partial charge in [-0.1, -0.05) is 0 Å². The van der Waals surface area contributed by atoms with Crippen LogP contribution in [-0.2, 0) is 11.8 Å². The van der Waals surface area contributed by atoms with E-state index in [-0.39, 0.29) is 0 Å². The van der Waals surface area contributed by atoms with Gasteiger partial charge in [0.05, 0.1) is 0 Å². The average Bonchev–Trinajstić information content (AvgIpc) is 2.68. The van der Waals surface area contributed by atoms with Gasteiger partial charge in [-0.3, -0.25) is 0 Å². The quantitative estimate of drug-likeness (QED) is 0.647. The zero-order valence-electron chi connectivity index (χ0n) is 7.26. The highest BCUT2D eigenvalue weighted by Crippen LogP contribution is 2.57. The SMILES string of the molecule is Cc1cc2c(s1)CC(N)C21CC1. The highest BCUT2D eigenvalue weighted by atomic mass is 32.1. The van der Waals surface area contributed by atoms with Crippen LogP contribution >= 0.6 is 11.3 Å². The average molecular weight is 179 g/mol. The lowest BCUT2D eigenvalue weighted by Crippen LogP contribution is -2.30. The van der Waals surface area contributed by atoms with E-state index in [2.05, 4.69) is 13.0 Å². The van der Waals surface area contributed by atoms with Gasteiger partial charge < -0.3 is 5.73 Å². The molecule has 2 N–H and O–H groups in total. The lowest BCUT2D eigenvalue weighted by Gasteiger charge is -2.13. The molecule has 2 aliphatic rings. The second-order valence-electron chi connectivity index (χ2n) is 4.16. The molecule has 0 aliphatic heterocycles. The van der Waals surface area contributed by atoms with Crippen LogP contribution in [0.4, 0.5) is 0 Å². The van der Waals surface area contributed by atoms with E-state index in [1.165, 1.54) is 17.7 Å². The van der Waals surface area contributed by atoms with Crippen molar-refractivity contribution >= 4 is 11.3 Å². The molecule has 1 aromatic heterocycles. The summed E-state index contributed by atoms with van der Waals surface area (Å²) in [7, 11) is 0. The van der Waals surface area contributed by atoms with Crippen LogP contribution in [0, 0.1) is 6.92 Å². The molecule has 0 radical (unpaired) electrons. The predicted octanol–water partition coefficient (Wildman–Crippen LogP) is 1.97. The summed E-state index contributed by atoms with van der Waals surface area (Å²) in [6, 6.07) is 2.79. The molecule has 1 saturated carbocycles. The molecule has 2 aliphatic carbocycles. The van der Waals surface area contributed by atoms with Crippen LogP contribution in [0.1, 0.15) is 28.2 Å². The number of thiophene rings is 1. The van der Waals surface area contributed by atoms with E-state index in [0.29, 0.717) is 11.5 Å². The molecule has 1 unspecified atom stereocenters. The highest BCUT2D eigenvalue weighted by molar-refractivity contribution is 7.12. The first-order valence-electron chi connectivity index (χ1n) is 4.58. The third kappa shape index (κ3) is 0.679. The maximum absolute atomic E-state index is 6.13. The third-order valence-corrected chi connectivity index (χ3v) is 4.45. The van der Waals surface area contributed by atoms with Gasteiger partial charge >= 0.3 is 0 Å². The summed E-state index contributed by atoms with van der Waals surface area (Å²) in [6.45, 7) is 2.20. The minimum Gasteiger partial charge on any atom is -0.327 e. The fourth-order valence-corrected chi connectivity index (χ4v) is 3.71. The largest absolute Gasteiger partial charge is 0.327 e. The first-order valence-corrected chi connectivity index (χ1v) is 5.39. The van der Waals surface area contributed by atoms with Crippen molar-refractivity contribution in [3.63, 3.8) is 0 Å². The summed E-state index contributed by atoms with van der Waals surface area (Å²) in [6.07, 6.45) is 3.79. The molecule has 64 valence electrons. The van der Waals surface area contributed by atoms with E-state index in [1.54, 1.807) is 10.4 Å². The molecule has 1 fully saturated rings. The Morgan fingerprint density at radius 1 is 1.58 bits per heavy atom. The number of hydrogen-bond acceptors (Lipinski definition) is 2. The van der Waals surface area contributed by atoms with Crippen molar-refractivity contribution in [1.29, 1.82) is 0 Å². The molecule has 0 aromatic carbocycles. The Hall–Kier alpha value is -0.340. The lowest BCUT2D eigenvalue weighted by atomic mass is 9.97. The topological polar surface area (TPSA) is 26.0 Å². The molecule has 0 bridgehead atoms. The Balaban J connectivity index is 2.17. The van der Waals surface area contributed by atoms with E-state index in [9.17, 15) is 0 Å². The second-order valence-corrected chi connectivity index (χ2v) is 5.50. The Kier molecular flexibility index (Phi) is 1.15. The summed E-state index contributed by atoms with van der Waals surface area (Å²) in [5.41, 5.74) is 8.17. The number of aryl methyl sites for hydroxylation is 1. The van der Waals surface area contributed by atoms with Crippen molar-refractivity contribution in [3.05, 3.63) is 21.4 Å². The van der Waals surface area contributed by atoms with Gasteiger partial charge in [-0.25, -0.2) is 0 Å². The monoisotopic (exact) mass is 179 g/mol. The smallest absolute Gasteiger partial charge is 0.0185 e. The second kappa shape index (κ2) is 1.94. The highest BCUT2D eigenvalue weighted by Gasteiger charge is 2.54. The van der Waals surface area contributed by atoms with Crippen molar-refractivity contribution in [1.82, 2.24) is 0 Å². The molecule has 1 nitrogen and oxygen atoms in total. The van der Waals surface area contributed by atoms with Gasteiger partial charge in [-0.05, 0) is 37.8 Å². The van der Waals surface area contributed by atoms with Gasteiger partial charge in [-0.2, -0.15) is 0 Å². The van der Waals surface area contributed by atoms with Crippen molar-refractivity contribution in [3.8, 4) is 0 Å². The molecule has 1 aromatic rings. The minimum absolute atomic E-state index is 0.430. The fourth-order valence-electron chi connectivity index (χ4n) is 2.51. The molecular formula is C10H13NS. The van der Waals surface area contributed by atoms with Gasteiger partial charge in [0.1, 0.15) is 0 Å². The summed E-state index contributed by atoms with van der Waals surface area (Å²) < 4.78 is 0. The van der Waals surface area contributed by atoms with Gasteiger partial charge in [0.15, 0.2) is 0 Å². The maximum Gasteiger partial charge on any atom is 0.0185 e. The molecule has 3 rings (SSSR count). The van der Waals surface area contributed by atoms with Gasteiger partial charge in [0.25, 0.3) is 0 Å². The zero-order chi connectivity index (χ0) is 8.34. The van der Waals surface area contributed by atoms with Crippen LogP contribution in [0.3, 0.4) is 0 Å². The van der Waals surface area contributed by atoms with Crippen LogP contribution in [0.5, 0.6) is 0 Å². The number of hydrogen-bond donors (Lipinski definition) is 1. The molecule has 1 atom stereocenters.